The topological polar surface area (TPSA) is 62.5 Å². The van der Waals surface area contributed by atoms with Crippen LogP contribution in [0.5, 0.6) is 5.75 Å². The lowest BCUT2D eigenvalue weighted by molar-refractivity contribution is 0.466. The summed E-state index contributed by atoms with van der Waals surface area (Å²) >= 11 is 3.43. The first-order chi connectivity index (χ1) is 11.1. The van der Waals surface area contributed by atoms with Gasteiger partial charge in [-0.3, -0.25) is 0 Å². The molecule has 0 spiro atoms. The Bertz CT molecular complexity index is 918. The lowest BCUT2D eigenvalue weighted by Gasteiger charge is -2.10. The first kappa shape index (κ1) is 15.6. The van der Waals surface area contributed by atoms with Gasteiger partial charge < -0.3 is 14.8 Å². The number of hydrogen-bond acceptors (Lipinski definition) is 4. The van der Waals surface area contributed by atoms with Gasteiger partial charge in [-0.25, -0.2) is 4.79 Å². The molecule has 0 aliphatic carbocycles. The third-order valence-electron chi connectivity index (χ3n) is 3.72. The van der Waals surface area contributed by atoms with Crippen molar-refractivity contribution in [2.24, 2.45) is 0 Å². The zero-order chi connectivity index (χ0) is 16.4. The van der Waals surface area contributed by atoms with E-state index in [2.05, 4.69) is 21.2 Å². The zero-order valence-corrected chi connectivity index (χ0v) is 14.2. The highest BCUT2D eigenvalue weighted by Crippen LogP contribution is 2.27. The smallest absolute Gasteiger partial charge is 0.336 e. The monoisotopic (exact) mass is 373 g/mol. The number of anilines is 1. The van der Waals surface area contributed by atoms with E-state index in [0.29, 0.717) is 18.5 Å². The van der Waals surface area contributed by atoms with Crippen LogP contribution in [0.3, 0.4) is 0 Å². The normalized spacial score (nSPS) is 10.9. The minimum Gasteiger partial charge on any atom is -0.508 e. The summed E-state index contributed by atoms with van der Waals surface area (Å²) in [5.41, 5.74) is 2.60. The van der Waals surface area contributed by atoms with E-state index in [1.165, 1.54) is 12.1 Å². The average Bonchev–Trinajstić information content (AvgIpc) is 2.52. The van der Waals surface area contributed by atoms with Crippen molar-refractivity contribution in [3.8, 4) is 5.75 Å². The van der Waals surface area contributed by atoms with E-state index in [1.54, 1.807) is 0 Å². The maximum absolute atomic E-state index is 11.8. The third-order valence-corrected chi connectivity index (χ3v) is 4.21. The average molecular weight is 374 g/mol. The van der Waals surface area contributed by atoms with E-state index in [9.17, 15) is 9.90 Å². The molecule has 1 heterocycles. The maximum Gasteiger partial charge on any atom is 0.336 e. The highest BCUT2D eigenvalue weighted by atomic mass is 79.9. The molecule has 4 nitrogen and oxygen atoms in total. The van der Waals surface area contributed by atoms with Crippen molar-refractivity contribution >= 4 is 32.6 Å². The van der Waals surface area contributed by atoms with Gasteiger partial charge in [0.05, 0.1) is 0 Å². The number of hydrogen-bond donors (Lipinski definition) is 2. The van der Waals surface area contributed by atoms with E-state index < -0.39 is 5.63 Å². The maximum atomic E-state index is 11.8. The molecule has 0 aliphatic rings. The van der Waals surface area contributed by atoms with Crippen LogP contribution in [0.2, 0.25) is 0 Å². The quantitative estimate of drug-likeness (QED) is 0.663. The summed E-state index contributed by atoms with van der Waals surface area (Å²) in [5.74, 6) is 0.153. The van der Waals surface area contributed by atoms with Gasteiger partial charge in [0.15, 0.2) is 0 Å². The Hall–Kier alpha value is -2.27. The summed E-state index contributed by atoms with van der Waals surface area (Å²) in [4.78, 5) is 11.8. The Kier molecular flexibility index (Phi) is 4.39. The molecule has 0 saturated carbocycles. The lowest BCUT2D eigenvalue weighted by atomic mass is 10.0. The first-order valence-electron chi connectivity index (χ1n) is 7.35. The number of halogens is 1. The molecule has 0 unspecified atom stereocenters. The van der Waals surface area contributed by atoms with Crippen LogP contribution >= 0.6 is 15.9 Å². The number of rotatable bonds is 4. The van der Waals surface area contributed by atoms with E-state index in [1.807, 2.05) is 37.3 Å². The number of fused-ring (bicyclic) bond motifs is 1. The minimum atomic E-state index is -0.424. The van der Waals surface area contributed by atoms with Crippen molar-refractivity contribution in [1.82, 2.24) is 0 Å². The second kappa shape index (κ2) is 6.46. The molecule has 2 N–H and O–H groups in total. The van der Waals surface area contributed by atoms with Gasteiger partial charge in [-0.1, -0.05) is 28.9 Å². The van der Waals surface area contributed by atoms with E-state index >= 15 is 0 Å². The largest absolute Gasteiger partial charge is 0.508 e. The van der Waals surface area contributed by atoms with Crippen LogP contribution in [0.4, 0.5) is 5.69 Å². The Morgan fingerprint density at radius 1 is 1.17 bits per heavy atom. The second-order valence-electron chi connectivity index (χ2n) is 5.29. The second-order valence-corrected chi connectivity index (χ2v) is 6.20. The molecule has 118 valence electrons. The number of aromatic hydroxyl groups is 1. The first-order valence-corrected chi connectivity index (χ1v) is 8.14. The number of nitrogens with one attached hydrogen (secondary N) is 1. The van der Waals surface area contributed by atoms with E-state index in [-0.39, 0.29) is 5.75 Å². The molecule has 0 fully saturated rings. The van der Waals surface area contributed by atoms with Crippen LogP contribution in [0.25, 0.3) is 11.0 Å². The predicted octanol–water partition coefficient (Wildman–Crippen LogP) is 4.44. The Morgan fingerprint density at radius 3 is 2.74 bits per heavy atom. The molecule has 0 saturated heterocycles. The molecule has 0 amide bonds. The molecule has 0 radical (unpaired) electrons. The van der Waals surface area contributed by atoms with Crippen LogP contribution in [-0.4, -0.2) is 5.11 Å². The fourth-order valence-electron chi connectivity index (χ4n) is 2.53. The fourth-order valence-corrected chi connectivity index (χ4v) is 2.93. The molecule has 5 heteroatoms. The molecule has 1 aromatic heterocycles. The predicted molar refractivity (Wildman–Crippen MR) is 95.0 cm³/mol. The van der Waals surface area contributed by atoms with Crippen molar-refractivity contribution < 1.29 is 9.52 Å². The summed E-state index contributed by atoms with van der Waals surface area (Å²) < 4.78 is 6.19. The van der Waals surface area contributed by atoms with Gasteiger partial charge in [-0.2, -0.15) is 0 Å². The van der Waals surface area contributed by atoms with E-state index in [4.69, 9.17) is 4.42 Å². The van der Waals surface area contributed by atoms with Crippen molar-refractivity contribution in [1.29, 1.82) is 0 Å². The van der Waals surface area contributed by atoms with Crippen molar-refractivity contribution in [2.45, 2.75) is 19.9 Å². The molecule has 3 aromatic rings. The highest BCUT2D eigenvalue weighted by molar-refractivity contribution is 9.10. The fraction of sp³-hybridized carbons (Fsp3) is 0.167. The minimum absolute atomic E-state index is 0.153. The van der Waals surface area contributed by atoms with E-state index in [0.717, 1.165) is 26.7 Å². The number of phenolic OH excluding ortho intramolecular Hbond substituents is 1. The number of phenols is 1. The molecular weight excluding hydrogens is 358 g/mol. The molecule has 0 aliphatic heterocycles. The molecule has 0 atom stereocenters. The van der Waals surface area contributed by atoms with Crippen LogP contribution in [0, 0.1) is 0 Å². The van der Waals surface area contributed by atoms with Gasteiger partial charge in [-0.05, 0) is 41.8 Å². The van der Waals surface area contributed by atoms with Crippen molar-refractivity contribution in [2.75, 3.05) is 5.32 Å². The summed E-state index contributed by atoms with van der Waals surface area (Å²) in [5, 5.41) is 14.1. The number of aryl methyl sites for hydroxylation is 1. The standard InChI is InChI=1S/C18H16BrNO3/c1-2-11-6-15-12(7-18(22)23-17(15)9-16(11)21)10-20-14-5-3-4-13(19)8-14/h3-9,20-21H,2,10H2,1H3. The van der Waals surface area contributed by atoms with Gasteiger partial charge in [0.2, 0.25) is 0 Å². The SMILES string of the molecule is CCc1cc2c(CNc3cccc(Br)c3)cc(=O)oc2cc1O. The lowest BCUT2D eigenvalue weighted by Crippen LogP contribution is -2.06. The molecule has 23 heavy (non-hydrogen) atoms. The van der Waals surface area contributed by atoms with Crippen LogP contribution in [0.15, 0.2) is 56.1 Å². The summed E-state index contributed by atoms with van der Waals surface area (Å²) in [7, 11) is 0. The molecule has 2 aromatic carbocycles. The van der Waals surface area contributed by atoms with Gasteiger partial charge >= 0.3 is 5.63 Å². The van der Waals surface area contributed by atoms with Crippen LogP contribution < -0.4 is 10.9 Å². The highest BCUT2D eigenvalue weighted by Gasteiger charge is 2.10. The van der Waals surface area contributed by atoms with Gasteiger partial charge in [0.1, 0.15) is 11.3 Å². The third kappa shape index (κ3) is 3.40. The Morgan fingerprint density at radius 2 is 2.00 bits per heavy atom. The molecule has 0 bridgehead atoms. The number of benzene rings is 2. The summed E-state index contributed by atoms with van der Waals surface area (Å²) in [6.45, 7) is 2.46. The Labute approximate surface area is 141 Å². The van der Waals surface area contributed by atoms with Gasteiger partial charge in [0, 0.05) is 34.2 Å². The van der Waals surface area contributed by atoms with Crippen molar-refractivity contribution in [3.63, 3.8) is 0 Å². The molecule has 3 rings (SSSR count). The van der Waals surface area contributed by atoms with Crippen LogP contribution in [-0.2, 0) is 13.0 Å². The van der Waals surface area contributed by atoms with Crippen LogP contribution in [0.1, 0.15) is 18.1 Å². The van der Waals surface area contributed by atoms with Gasteiger partial charge in [-0.15, -0.1) is 0 Å². The zero-order valence-electron chi connectivity index (χ0n) is 12.6. The van der Waals surface area contributed by atoms with Gasteiger partial charge in [0.25, 0.3) is 0 Å². The summed E-state index contributed by atoms with van der Waals surface area (Å²) in [6.07, 6.45) is 0.708. The Balaban J connectivity index is 2.00. The van der Waals surface area contributed by atoms with Crippen molar-refractivity contribution in [3.05, 3.63) is 68.5 Å². The molecular formula is C18H16BrNO3. The summed E-state index contributed by atoms with van der Waals surface area (Å²) in [6, 6.07) is 12.7.